The number of carbonyl (C=O) groups is 2. The summed E-state index contributed by atoms with van der Waals surface area (Å²) in [5.74, 6) is -0.806. The van der Waals surface area contributed by atoms with Crippen molar-refractivity contribution in [3.05, 3.63) is 42.0 Å². The molecule has 2 rings (SSSR count). The predicted molar refractivity (Wildman–Crippen MR) is 80.3 cm³/mol. The number of halogens is 3. The van der Waals surface area contributed by atoms with Gasteiger partial charge in [-0.2, -0.15) is 13.2 Å². The summed E-state index contributed by atoms with van der Waals surface area (Å²) in [6, 6.07) is 4.62. The highest BCUT2D eigenvalue weighted by Crippen LogP contribution is 2.29. The van der Waals surface area contributed by atoms with Crippen LogP contribution < -0.4 is 4.90 Å². The van der Waals surface area contributed by atoms with E-state index < -0.39 is 18.6 Å². The van der Waals surface area contributed by atoms with Gasteiger partial charge in [0.05, 0.1) is 0 Å². The van der Waals surface area contributed by atoms with Gasteiger partial charge in [-0.3, -0.25) is 9.59 Å². The van der Waals surface area contributed by atoms with Gasteiger partial charge in [0.15, 0.2) is 0 Å². The molecule has 1 aromatic carbocycles. The smallest absolute Gasteiger partial charge is 0.326 e. The highest BCUT2D eigenvalue weighted by Gasteiger charge is 2.33. The zero-order valence-corrected chi connectivity index (χ0v) is 12.7. The van der Waals surface area contributed by atoms with Gasteiger partial charge in [-0.15, -0.1) is 6.58 Å². The fourth-order valence-corrected chi connectivity index (χ4v) is 2.64. The van der Waals surface area contributed by atoms with Crippen LogP contribution in [0.3, 0.4) is 0 Å². The van der Waals surface area contributed by atoms with Crippen molar-refractivity contribution in [1.82, 2.24) is 4.90 Å². The Morgan fingerprint density at radius 3 is 2.65 bits per heavy atom. The molecule has 1 aliphatic rings. The Balaban J connectivity index is 2.25. The van der Waals surface area contributed by atoms with Crippen LogP contribution in [0, 0.1) is 0 Å². The van der Waals surface area contributed by atoms with Gasteiger partial charge < -0.3 is 9.80 Å². The minimum absolute atomic E-state index is 0.104. The minimum atomic E-state index is -4.47. The first-order valence-corrected chi connectivity index (χ1v) is 7.11. The Kier molecular flexibility index (Phi) is 4.77. The van der Waals surface area contributed by atoms with E-state index in [2.05, 4.69) is 6.58 Å². The maximum absolute atomic E-state index is 12.6. The lowest BCUT2D eigenvalue weighted by Crippen LogP contribution is -2.39. The van der Waals surface area contributed by atoms with Crippen LogP contribution in [0.5, 0.6) is 0 Å². The summed E-state index contributed by atoms with van der Waals surface area (Å²) in [5, 5.41) is 0. The van der Waals surface area contributed by atoms with E-state index in [9.17, 15) is 22.8 Å². The van der Waals surface area contributed by atoms with Crippen LogP contribution in [0.2, 0.25) is 0 Å². The predicted octanol–water partition coefficient (Wildman–Crippen LogP) is 2.79. The molecule has 4 nitrogen and oxygen atoms in total. The summed E-state index contributed by atoms with van der Waals surface area (Å²) in [5.41, 5.74) is 1.68. The molecule has 0 aromatic heterocycles. The second-order valence-corrected chi connectivity index (χ2v) is 5.35. The van der Waals surface area contributed by atoms with Crippen molar-refractivity contribution in [3.8, 4) is 0 Å². The van der Waals surface area contributed by atoms with E-state index in [4.69, 9.17) is 0 Å². The Labute approximate surface area is 132 Å². The Morgan fingerprint density at radius 2 is 2.09 bits per heavy atom. The number of fused-ring (bicyclic) bond motifs is 1. The molecule has 0 atom stereocenters. The van der Waals surface area contributed by atoms with Crippen LogP contribution in [0.1, 0.15) is 22.8 Å². The lowest BCUT2D eigenvalue weighted by atomic mass is 10.1. The SMILES string of the molecule is C=CCN(CC(F)(F)F)C(=O)c1ccc2c(c1)CCN2C(C)=O. The molecule has 0 spiro atoms. The molecule has 0 aliphatic carbocycles. The Hall–Kier alpha value is -2.31. The third-order valence-electron chi connectivity index (χ3n) is 3.61. The molecule has 0 saturated heterocycles. The van der Waals surface area contributed by atoms with Gasteiger partial charge >= 0.3 is 6.18 Å². The summed E-state index contributed by atoms with van der Waals surface area (Å²) in [4.78, 5) is 26.1. The topological polar surface area (TPSA) is 40.6 Å². The van der Waals surface area contributed by atoms with Crippen LogP contribution in [-0.4, -0.2) is 42.5 Å². The summed E-state index contributed by atoms with van der Waals surface area (Å²) in [7, 11) is 0. The summed E-state index contributed by atoms with van der Waals surface area (Å²) < 4.78 is 37.8. The van der Waals surface area contributed by atoms with Crippen molar-refractivity contribution in [2.45, 2.75) is 19.5 Å². The molecular formula is C16H17F3N2O2. The number of hydrogen-bond acceptors (Lipinski definition) is 2. The molecule has 0 fully saturated rings. The van der Waals surface area contributed by atoms with E-state index in [1.807, 2.05) is 0 Å². The molecule has 0 unspecified atom stereocenters. The average Bonchev–Trinajstić information content (AvgIpc) is 2.87. The first-order valence-electron chi connectivity index (χ1n) is 7.11. The van der Waals surface area contributed by atoms with E-state index in [1.54, 1.807) is 17.0 Å². The number of anilines is 1. The molecule has 0 saturated carbocycles. The van der Waals surface area contributed by atoms with Gasteiger partial charge in [0.2, 0.25) is 5.91 Å². The third kappa shape index (κ3) is 3.91. The average molecular weight is 326 g/mol. The fraction of sp³-hybridized carbons (Fsp3) is 0.375. The van der Waals surface area contributed by atoms with Crippen molar-refractivity contribution in [3.63, 3.8) is 0 Å². The minimum Gasteiger partial charge on any atom is -0.326 e. The largest absolute Gasteiger partial charge is 0.406 e. The first kappa shape index (κ1) is 17.1. The zero-order chi connectivity index (χ0) is 17.2. The number of amides is 2. The number of alkyl halides is 3. The fourth-order valence-electron chi connectivity index (χ4n) is 2.64. The molecular weight excluding hydrogens is 309 g/mol. The molecule has 0 bridgehead atoms. The van der Waals surface area contributed by atoms with E-state index >= 15 is 0 Å². The molecule has 23 heavy (non-hydrogen) atoms. The van der Waals surface area contributed by atoms with E-state index in [0.29, 0.717) is 23.6 Å². The number of nitrogens with zero attached hydrogens (tertiary/aromatic N) is 2. The van der Waals surface area contributed by atoms with Crippen molar-refractivity contribution >= 4 is 17.5 Å². The standard InChI is InChI=1S/C16H17F3N2O2/c1-3-7-20(10-16(17,18)19)15(23)13-4-5-14-12(9-13)6-8-21(14)11(2)22/h3-5,9H,1,6-8,10H2,2H3. The van der Waals surface area contributed by atoms with Gasteiger partial charge in [-0.25, -0.2) is 0 Å². The van der Waals surface area contributed by atoms with E-state index in [1.165, 1.54) is 19.1 Å². The highest BCUT2D eigenvalue weighted by molar-refractivity contribution is 5.98. The van der Waals surface area contributed by atoms with Gasteiger partial charge in [0.1, 0.15) is 6.54 Å². The normalized spacial score (nSPS) is 13.7. The van der Waals surface area contributed by atoms with Crippen LogP contribution >= 0.6 is 0 Å². The van der Waals surface area contributed by atoms with E-state index in [-0.39, 0.29) is 18.0 Å². The van der Waals surface area contributed by atoms with Gasteiger partial charge in [0.25, 0.3) is 5.91 Å². The Morgan fingerprint density at radius 1 is 1.39 bits per heavy atom. The third-order valence-corrected chi connectivity index (χ3v) is 3.61. The maximum atomic E-state index is 12.6. The number of benzene rings is 1. The molecule has 0 N–H and O–H groups in total. The molecule has 1 heterocycles. The quantitative estimate of drug-likeness (QED) is 0.798. The Bertz CT molecular complexity index is 641. The van der Waals surface area contributed by atoms with Gasteiger partial charge in [-0.1, -0.05) is 6.08 Å². The first-order chi connectivity index (χ1) is 10.7. The number of rotatable bonds is 4. The molecule has 2 amide bonds. The molecule has 7 heteroatoms. The van der Waals surface area contributed by atoms with Gasteiger partial charge in [-0.05, 0) is 30.2 Å². The zero-order valence-electron chi connectivity index (χ0n) is 12.7. The molecule has 1 aliphatic heterocycles. The number of carbonyl (C=O) groups excluding carboxylic acids is 2. The van der Waals surface area contributed by atoms with Crippen LogP contribution in [-0.2, 0) is 11.2 Å². The van der Waals surface area contributed by atoms with Crippen molar-refractivity contribution in [2.24, 2.45) is 0 Å². The molecule has 1 aromatic rings. The molecule has 0 radical (unpaired) electrons. The summed E-state index contributed by atoms with van der Waals surface area (Å²) >= 11 is 0. The molecule has 124 valence electrons. The van der Waals surface area contributed by atoms with Crippen molar-refractivity contribution in [2.75, 3.05) is 24.5 Å². The van der Waals surface area contributed by atoms with Crippen LogP contribution in [0.15, 0.2) is 30.9 Å². The maximum Gasteiger partial charge on any atom is 0.406 e. The second kappa shape index (κ2) is 6.44. The van der Waals surface area contributed by atoms with Crippen molar-refractivity contribution in [1.29, 1.82) is 0 Å². The van der Waals surface area contributed by atoms with Crippen LogP contribution in [0.4, 0.5) is 18.9 Å². The second-order valence-electron chi connectivity index (χ2n) is 5.35. The summed E-state index contributed by atoms with van der Waals surface area (Å²) in [6.45, 7) is 3.84. The highest BCUT2D eigenvalue weighted by atomic mass is 19.4. The van der Waals surface area contributed by atoms with E-state index in [0.717, 1.165) is 5.56 Å². The monoisotopic (exact) mass is 326 g/mol. The number of hydrogen-bond donors (Lipinski definition) is 0. The lowest BCUT2D eigenvalue weighted by molar-refractivity contribution is -0.139. The summed E-state index contributed by atoms with van der Waals surface area (Å²) in [6.07, 6.45) is -2.63. The van der Waals surface area contributed by atoms with Gasteiger partial charge in [0, 0.05) is 31.3 Å². The lowest BCUT2D eigenvalue weighted by Gasteiger charge is -2.23. The van der Waals surface area contributed by atoms with Crippen LogP contribution in [0.25, 0.3) is 0 Å². The van der Waals surface area contributed by atoms with Crippen molar-refractivity contribution < 1.29 is 22.8 Å².